The van der Waals surface area contributed by atoms with E-state index in [-0.39, 0.29) is 23.8 Å². The minimum Gasteiger partial charge on any atom is -0.373 e. The van der Waals surface area contributed by atoms with Crippen molar-refractivity contribution in [3.05, 3.63) is 0 Å². The minimum absolute atomic E-state index is 0.00310. The summed E-state index contributed by atoms with van der Waals surface area (Å²) in [7, 11) is -3.16. The average molecular weight is 262 g/mol. The number of hydrogen-bond acceptors (Lipinski definition) is 4. The van der Waals surface area contributed by atoms with Gasteiger partial charge in [0.2, 0.25) is 15.9 Å². The summed E-state index contributed by atoms with van der Waals surface area (Å²) in [5, 5.41) is -0.213. The number of sulfonamides is 1. The van der Waals surface area contributed by atoms with E-state index in [2.05, 4.69) is 4.72 Å². The zero-order valence-corrected chi connectivity index (χ0v) is 10.7. The minimum atomic E-state index is -3.16. The fraction of sp³-hybridized carbons (Fsp3) is 0.900. The van der Waals surface area contributed by atoms with Gasteiger partial charge in [-0.05, 0) is 12.8 Å². The molecule has 2 fully saturated rings. The molecular weight excluding hydrogens is 244 g/mol. The molecule has 0 aromatic carbocycles. The van der Waals surface area contributed by atoms with Gasteiger partial charge in [-0.3, -0.25) is 4.79 Å². The maximum absolute atomic E-state index is 11.6. The Kier molecular flexibility index (Phi) is 3.70. The number of rotatable bonds is 4. The van der Waals surface area contributed by atoms with Crippen molar-refractivity contribution in [3.63, 3.8) is 0 Å². The van der Waals surface area contributed by atoms with E-state index in [1.165, 1.54) is 6.92 Å². The first kappa shape index (κ1) is 12.8. The first-order valence-corrected chi connectivity index (χ1v) is 7.39. The van der Waals surface area contributed by atoms with Crippen LogP contribution >= 0.6 is 0 Å². The van der Waals surface area contributed by atoms with E-state index < -0.39 is 10.0 Å². The Hall–Kier alpha value is -0.660. The molecule has 0 unspecified atom stereocenters. The summed E-state index contributed by atoms with van der Waals surface area (Å²) in [5.41, 5.74) is 0. The number of carbonyl (C=O) groups excluding carboxylic acids is 1. The van der Waals surface area contributed by atoms with Crippen molar-refractivity contribution >= 4 is 15.9 Å². The number of ether oxygens (including phenoxy) is 1. The van der Waals surface area contributed by atoms with Crippen LogP contribution in [0.5, 0.6) is 0 Å². The second kappa shape index (κ2) is 4.91. The van der Waals surface area contributed by atoms with E-state index in [0.29, 0.717) is 19.7 Å². The number of nitrogens with one attached hydrogen (secondary N) is 1. The summed E-state index contributed by atoms with van der Waals surface area (Å²) < 4.78 is 31.2. The first-order valence-electron chi connectivity index (χ1n) is 5.84. The van der Waals surface area contributed by atoms with Gasteiger partial charge in [0.1, 0.15) is 0 Å². The molecule has 1 saturated heterocycles. The van der Waals surface area contributed by atoms with Gasteiger partial charge in [0.25, 0.3) is 0 Å². The Morgan fingerprint density at radius 1 is 1.47 bits per heavy atom. The zero-order chi connectivity index (χ0) is 12.5. The molecular formula is C10H18N2O4S. The van der Waals surface area contributed by atoms with Crippen LogP contribution in [-0.4, -0.2) is 56.8 Å². The average Bonchev–Trinajstić information content (AvgIpc) is 3.11. The maximum atomic E-state index is 11.6. The van der Waals surface area contributed by atoms with Crippen LogP contribution in [0.15, 0.2) is 0 Å². The van der Waals surface area contributed by atoms with Gasteiger partial charge >= 0.3 is 0 Å². The summed E-state index contributed by atoms with van der Waals surface area (Å²) in [6, 6.07) is 0. The molecule has 1 aliphatic heterocycles. The molecule has 98 valence electrons. The van der Waals surface area contributed by atoms with Gasteiger partial charge in [0.15, 0.2) is 0 Å². The molecule has 7 heteroatoms. The van der Waals surface area contributed by atoms with Crippen LogP contribution in [0.2, 0.25) is 0 Å². The van der Waals surface area contributed by atoms with E-state index in [1.807, 2.05) is 0 Å². The van der Waals surface area contributed by atoms with Crippen LogP contribution < -0.4 is 4.72 Å². The van der Waals surface area contributed by atoms with Crippen molar-refractivity contribution in [2.45, 2.75) is 31.1 Å². The molecule has 1 heterocycles. The normalized spacial score (nSPS) is 25.9. The van der Waals surface area contributed by atoms with Crippen LogP contribution in [0.3, 0.4) is 0 Å². The maximum Gasteiger partial charge on any atom is 0.219 e. The van der Waals surface area contributed by atoms with E-state index in [4.69, 9.17) is 4.74 Å². The van der Waals surface area contributed by atoms with Crippen molar-refractivity contribution in [1.82, 2.24) is 9.62 Å². The largest absolute Gasteiger partial charge is 0.373 e. The molecule has 1 aliphatic carbocycles. The standard InChI is InChI=1S/C10H18N2O4S/c1-8(13)12-4-5-16-9(7-12)6-11-17(14,15)10-2-3-10/h9-11H,2-7H2,1H3/t9-/m0/s1. The third-order valence-electron chi connectivity index (χ3n) is 3.06. The summed E-state index contributed by atoms with van der Waals surface area (Å²) in [6.07, 6.45) is 1.27. The molecule has 2 rings (SSSR count). The number of morpholine rings is 1. The summed E-state index contributed by atoms with van der Waals surface area (Å²) in [6.45, 7) is 3.28. The first-order chi connectivity index (χ1) is 7.99. The molecule has 0 spiro atoms. The highest BCUT2D eigenvalue weighted by Crippen LogP contribution is 2.27. The number of carbonyl (C=O) groups is 1. The van der Waals surface area contributed by atoms with Crippen molar-refractivity contribution in [2.24, 2.45) is 0 Å². The number of nitrogens with zero attached hydrogens (tertiary/aromatic N) is 1. The lowest BCUT2D eigenvalue weighted by atomic mass is 10.3. The van der Waals surface area contributed by atoms with Crippen LogP contribution in [0, 0.1) is 0 Å². The highest BCUT2D eigenvalue weighted by Gasteiger charge is 2.36. The van der Waals surface area contributed by atoms with Gasteiger partial charge in [-0.1, -0.05) is 0 Å². The van der Waals surface area contributed by atoms with Gasteiger partial charge in [0.05, 0.1) is 18.0 Å². The molecule has 1 saturated carbocycles. The molecule has 0 bridgehead atoms. The monoisotopic (exact) mass is 262 g/mol. The van der Waals surface area contributed by atoms with Gasteiger partial charge in [-0.25, -0.2) is 13.1 Å². The lowest BCUT2D eigenvalue weighted by Crippen LogP contribution is -2.49. The molecule has 1 amide bonds. The van der Waals surface area contributed by atoms with Crippen LogP contribution in [0.4, 0.5) is 0 Å². The molecule has 1 atom stereocenters. The molecule has 6 nitrogen and oxygen atoms in total. The van der Waals surface area contributed by atoms with Crippen LogP contribution in [-0.2, 0) is 19.6 Å². The van der Waals surface area contributed by atoms with Gasteiger partial charge < -0.3 is 9.64 Å². The number of hydrogen-bond donors (Lipinski definition) is 1. The SMILES string of the molecule is CC(=O)N1CCO[C@@H](CNS(=O)(=O)C2CC2)C1. The molecule has 17 heavy (non-hydrogen) atoms. The predicted molar refractivity (Wildman–Crippen MR) is 61.9 cm³/mol. The summed E-state index contributed by atoms with van der Waals surface area (Å²) in [5.74, 6) is 0.00310. The highest BCUT2D eigenvalue weighted by molar-refractivity contribution is 7.90. The molecule has 2 aliphatic rings. The van der Waals surface area contributed by atoms with Crippen molar-refractivity contribution < 1.29 is 17.9 Å². The summed E-state index contributed by atoms with van der Waals surface area (Å²) in [4.78, 5) is 12.9. The second-order valence-electron chi connectivity index (χ2n) is 4.55. The zero-order valence-electron chi connectivity index (χ0n) is 9.89. The summed E-state index contributed by atoms with van der Waals surface area (Å²) >= 11 is 0. The van der Waals surface area contributed by atoms with E-state index in [9.17, 15) is 13.2 Å². The molecule has 0 aromatic heterocycles. The van der Waals surface area contributed by atoms with Crippen LogP contribution in [0.25, 0.3) is 0 Å². The quantitative estimate of drug-likeness (QED) is 0.728. The third-order valence-corrected chi connectivity index (χ3v) is 4.98. The van der Waals surface area contributed by atoms with Crippen molar-refractivity contribution in [1.29, 1.82) is 0 Å². The lowest BCUT2D eigenvalue weighted by molar-refractivity contribution is -0.136. The number of amides is 1. The van der Waals surface area contributed by atoms with Gasteiger partial charge in [-0.2, -0.15) is 0 Å². The molecule has 1 N–H and O–H groups in total. The van der Waals surface area contributed by atoms with E-state index in [1.54, 1.807) is 4.90 Å². The van der Waals surface area contributed by atoms with E-state index in [0.717, 1.165) is 12.8 Å². The van der Waals surface area contributed by atoms with Gasteiger partial charge in [-0.15, -0.1) is 0 Å². The Balaban J connectivity index is 1.81. The predicted octanol–water partition coefficient (Wildman–Crippen LogP) is -0.684. The van der Waals surface area contributed by atoms with Gasteiger partial charge in [0, 0.05) is 26.6 Å². The Bertz CT molecular complexity index is 391. The second-order valence-corrected chi connectivity index (χ2v) is 6.60. The molecule has 0 radical (unpaired) electrons. The molecule has 0 aromatic rings. The highest BCUT2D eigenvalue weighted by atomic mass is 32.2. The lowest BCUT2D eigenvalue weighted by Gasteiger charge is -2.32. The topological polar surface area (TPSA) is 75.7 Å². The Morgan fingerprint density at radius 2 is 2.18 bits per heavy atom. The van der Waals surface area contributed by atoms with Crippen molar-refractivity contribution in [2.75, 3.05) is 26.2 Å². The fourth-order valence-corrected chi connectivity index (χ4v) is 3.24. The Labute approximate surface area is 101 Å². The van der Waals surface area contributed by atoms with E-state index >= 15 is 0 Å². The van der Waals surface area contributed by atoms with Crippen LogP contribution in [0.1, 0.15) is 19.8 Å². The third kappa shape index (κ3) is 3.40. The fourth-order valence-electron chi connectivity index (χ4n) is 1.83. The Morgan fingerprint density at radius 3 is 2.76 bits per heavy atom. The smallest absolute Gasteiger partial charge is 0.219 e. The van der Waals surface area contributed by atoms with Crippen molar-refractivity contribution in [3.8, 4) is 0 Å².